The van der Waals surface area contributed by atoms with Crippen LogP contribution in [0.15, 0.2) is 48.5 Å². The lowest BCUT2D eigenvalue weighted by Gasteiger charge is -2.15. The Morgan fingerprint density at radius 1 is 1.12 bits per heavy atom. The van der Waals surface area contributed by atoms with E-state index in [1.807, 2.05) is 13.0 Å². The molecule has 0 saturated carbocycles. The van der Waals surface area contributed by atoms with E-state index in [1.54, 1.807) is 30.3 Å². The molecule has 2 rings (SSSR count). The van der Waals surface area contributed by atoms with Gasteiger partial charge in [0.1, 0.15) is 11.6 Å². The molecule has 88 valence electrons. The van der Waals surface area contributed by atoms with Gasteiger partial charge in [0.05, 0.1) is 0 Å². The van der Waals surface area contributed by atoms with Crippen LogP contribution in [0, 0.1) is 5.82 Å². The van der Waals surface area contributed by atoms with Crippen LogP contribution in [0.4, 0.5) is 10.1 Å². The molecule has 0 spiro atoms. The molecule has 0 radical (unpaired) electrons. The second kappa shape index (κ2) is 4.87. The number of aromatic hydroxyl groups is 1. The number of nitrogens with one attached hydrogen (secondary N) is 1. The molecule has 2 aromatic rings. The molecular weight excluding hydrogens is 217 g/mol. The summed E-state index contributed by atoms with van der Waals surface area (Å²) in [6, 6.07) is 13.3. The molecule has 0 heterocycles. The Kier molecular flexibility index (Phi) is 3.28. The Morgan fingerprint density at radius 3 is 2.47 bits per heavy atom. The first-order chi connectivity index (χ1) is 8.15. The van der Waals surface area contributed by atoms with Gasteiger partial charge in [0.15, 0.2) is 0 Å². The topological polar surface area (TPSA) is 32.3 Å². The van der Waals surface area contributed by atoms with Gasteiger partial charge in [-0.1, -0.05) is 12.1 Å². The third-order valence-corrected chi connectivity index (χ3v) is 2.60. The summed E-state index contributed by atoms with van der Waals surface area (Å²) < 4.78 is 13.1. The molecular formula is C14H14FNO. The third kappa shape index (κ3) is 2.97. The van der Waals surface area contributed by atoms with Gasteiger partial charge in [-0.25, -0.2) is 4.39 Å². The number of benzene rings is 2. The van der Waals surface area contributed by atoms with E-state index in [2.05, 4.69) is 5.32 Å². The maximum atomic E-state index is 13.1. The van der Waals surface area contributed by atoms with Crippen molar-refractivity contribution >= 4 is 5.69 Å². The molecule has 0 amide bonds. The molecule has 0 aliphatic heterocycles. The smallest absolute Gasteiger partial charge is 0.123 e. The average Bonchev–Trinajstić information content (AvgIpc) is 2.32. The van der Waals surface area contributed by atoms with E-state index in [4.69, 9.17) is 5.11 Å². The van der Waals surface area contributed by atoms with Crippen LogP contribution in [-0.4, -0.2) is 5.11 Å². The van der Waals surface area contributed by atoms with E-state index in [-0.39, 0.29) is 17.6 Å². The van der Waals surface area contributed by atoms with Crippen LogP contribution in [0.5, 0.6) is 5.75 Å². The van der Waals surface area contributed by atoms with Gasteiger partial charge >= 0.3 is 0 Å². The maximum absolute atomic E-state index is 13.1. The zero-order chi connectivity index (χ0) is 12.3. The largest absolute Gasteiger partial charge is 0.508 e. The van der Waals surface area contributed by atoms with Crippen LogP contribution in [0.3, 0.4) is 0 Å². The van der Waals surface area contributed by atoms with Gasteiger partial charge in [-0.3, -0.25) is 0 Å². The number of hydrogen-bond acceptors (Lipinski definition) is 2. The number of phenols is 1. The highest BCUT2D eigenvalue weighted by Crippen LogP contribution is 2.21. The molecule has 2 aromatic carbocycles. The number of halogens is 1. The van der Waals surface area contributed by atoms with Crippen molar-refractivity contribution in [2.24, 2.45) is 0 Å². The summed E-state index contributed by atoms with van der Waals surface area (Å²) in [5, 5.41) is 12.4. The van der Waals surface area contributed by atoms with E-state index in [1.165, 1.54) is 12.1 Å². The maximum Gasteiger partial charge on any atom is 0.123 e. The van der Waals surface area contributed by atoms with E-state index >= 15 is 0 Å². The Bertz CT molecular complexity index is 496. The van der Waals surface area contributed by atoms with Gasteiger partial charge in [-0.05, 0) is 48.9 Å². The predicted octanol–water partition coefficient (Wildman–Crippen LogP) is 3.70. The van der Waals surface area contributed by atoms with Gasteiger partial charge in [0, 0.05) is 11.7 Å². The first-order valence-electron chi connectivity index (χ1n) is 5.46. The third-order valence-electron chi connectivity index (χ3n) is 2.60. The molecule has 2 nitrogen and oxygen atoms in total. The van der Waals surface area contributed by atoms with Crippen LogP contribution in [0.2, 0.25) is 0 Å². The number of phenolic OH excluding ortho intramolecular Hbond substituents is 1. The molecule has 1 unspecified atom stereocenters. The van der Waals surface area contributed by atoms with Crippen molar-refractivity contribution in [2.75, 3.05) is 5.32 Å². The predicted molar refractivity (Wildman–Crippen MR) is 66.5 cm³/mol. The van der Waals surface area contributed by atoms with Crippen molar-refractivity contribution in [3.8, 4) is 5.75 Å². The first-order valence-corrected chi connectivity index (χ1v) is 5.46. The van der Waals surface area contributed by atoms with Crippen molar-refractivity contribution in [1.29, 1.82) is 0 Å². The van der Waals surface area contributed by atoms with Crippen molar-refractivity contribution in [3.05, 3.63) is 59.9 Å². The molecule has 0 aliphatic carbocycles. The average molecular weight is 231 g/mol. The number of rotatable bonds is 3. The van der Waals surface area contributed by atoms with Gasteiger partial charge in [-0.15, -0.1) is 0 Å². The van der Waals surface area contributed by atoms with Gasteiger partial charge in [0.2, 0.25) is 0 Å². The standard InChI is InChI=1S/C14H14FNO/c1-10(11-3-2-4-12(15)9-11)16-13-5-7-14(17)8-6-13/h2-10,16-17H,1H3. The fourth-order valence-corrected chi connectivity index (χ4v) is 1.67. The van der Waals surface area contributed by atoms with E-state index in [0.29, 0.717) is 0 Å². The van der Waals surface area contributed by atoms with Crippen LogP contribution in [0.1, 0.15) is 18.5 Å². The zero-order valence-electron chi connectivity index (χ0n) is 9.52. The van der Waals surface area contributed by atoms with Gasteiger partial charge < -0.3 is 10.4 Å². The summed E-state index contributed by atoms with van der Waals surface area (Å²) >= 11 is 0. The summed E-state index contributed by atoms with van der Waals surface area (Å²) in [5.74, 6) is -0.00388. The minimum atomic E-state index is -0.234. The van der Waals surface area contributed by atoms with Gasteiger partial charge in [-0.2, -0.15) is 0 Å². The Hall–Kier alpha value is -2.03. The highest BCUT2D eigenvalue weighted by molar-refractivity contribution is 5.47. The molecule has 3 heteroatoms. The summed E-state index contributed by atoms with van der Waals surface area (Å²) in [6.45, 7) is 1.96. The molecule has 2 N–H and O–H groups in total. The summed E-state index contributed by atoms with van der Waals surface area (Å²) in [5.41, 5.74) is 1.78. The second-order valence-electron chi connectivity index (χ2n) is 3.97. The van der Waals surface area contributed by atoms with Crippen LogP contribution in [0.25, 0.3) is 0 Å². The molecule has 0 aliphatic rings. The van der Waals surface area contributed by atoms with Gasteiger partial charge in [0.25, 0.3) is 0 Å². The lowest BCUT2D eigenvalue weighted by molar-refractivity contribution is 0.475. The molecule has 0 bridgehead atoms. The summed E-state index contributed by atoms with van der Waals surface area (Å²) in [6.07, 6.45) is 0. The highest BCUT2D eigenvalue weighted by atomic mass is 19.1. The Morgan fingerprint density at radius 2 is 1.82 bits per heavy atom. The Labute approximate surface area is 99.7 Å². The number of hydrogen-bond donors (Lipinski definition) is 2. The van der Waals surface area contributed by atoms with E-state index in [9.17, 15) is 4.39 Å². The summed E-state index contributed by atoms with van der Waals surface area (Å²) in [7, 11) is 0. The first kappa shape index (κ1) is 11.5. The molecule has 0 saturated heterocycles. The number of anilines is 1. The minimum Gasteiger partial charge on any atom is -0.508 e. The van der Waals surface area contributed by atoms with E-state index < -0.39 is 0 Å². The van der Waals surface area contributed by atoms with Crippen LogP contribution in [-0.2, 0) is 0 Å². The lowest BCUT2D eigenvalue weighted by Crippen LogP contribution is -2.06. The van der Waals surface area contributed by atoms with Crippen molar-refractivity contribution in [1.82, 2.24) is 0 Å². The van der Waals surface area contributed by atoms with Crippen LogP contribution >= 0.6 is 0 Å². The second-order valence-corrected chi connectivity index (χ2v) is 3.97. The monoisotopic (exact) mass is 231 g/mol. The highest BCUT2D eigenvalue weighted by Gasteiger charge is 2.05. The molecule has 0 fully saturated rings. The van der Waals surface area contributed by atoms with Crippen molar-refractivity contribution in [2.45, 2.75) is 13.0 Å². The minimum absolute atomic E-state index is 0.00948. The summed E-state index contributed by atoms with van der Waals surface area (Å²) in [4.78, 5) is 0. The SMILES string of the molecule is CC(Nc1ccc(O)cc1)c1cccc(F)c1. The van der Waals surface area contributed by atoms with Crippen LogP contribution < -0.4 is 5.32 Å². The fraction of sp³-hybridized carbons (Fsp3) is 0.143. The van der Waals surface area contributed by atoms with E-state index in [0.717, 1.165) is 11.3 Å². The zero-order valence-corrected chi connectivity index (χ0v) is 9.52. The van der Waals surface area contributed by atoms with Crippen molar-refractivity contribution < 1.29 is 9.50 Å². The normalized spacial score (nSPS) is 12.1. The van der Waals surface area contributed by atoms with Crippen molar-refractivity contribution in [3.63, 3.8) is 0 Å². The Balaban J connectivity index is 2.11. The quantitative estimate of drug-likeness (QED) is 0.789. The molecule has 1 atom stereocenters. The lowest BCUT2D eigenvalue weighted by atomic mass is 10.1. The molecule has 0 aromatic heterocycles. The fourth-order valence-electron chi connectivity index (χ4n) is 1.67. The molecule has 17 heavy (non-hydrogen) atoms.